The third-order valence-corrected chi connectivity index (χ3v) is 6.34. The normalized spacial score (nSPS) is 14.2. The Morgan fingerprint density at radius 3 is 2.25 bits per heavy atom. The van der Waals surface area contributed by atoms with E-state index in [0.29, 0.717) is 13.1 Å². The summed E-state index contributed by atoms with van der Waals surface area (Å²) in [5, 5.41) is 3.03. The molecule has 32 heavy (non-hydrogen) atoms. The Balaban J connectivity index is 1.42. The molecule has 0 aliphatic carbocycles. The van der Waals surface area contributed by atoms with Crippen molar-refractivity contribution < 1.29 is 19.1 Å². The lowest BCUT2D eigenvalue weighted by atomic mass is 10.0. The summed E-state index contributed by atoms with van der Waals surface area (Å²) in [6.45, 7) is 11.3. The standard InChI is InChI=1S/C26H34N2O4/c1-17-7-6-8-23(20(17)4)31-15-24(29)27-22-11-13-28(14-12-22)25(30)16-32-26-19(3)10-9-18(2)21(26)5/h6-10,22H,11-16H2,1-5H3,(H,27,29). The maximum atomic E-state index is 12.6. The summed E-state index contributed by atoms with van der Waals surface area (Å²) in [6, 6.07) is 9.95. The Bertz CT molecular complexity index is 978. The number of aryl methyl sites for hydroxylation is 3. The van der Waals surface area contributed by atoms with Crippen LogP contribution in [0.2, 0.25) is 0 Å². The predicted octanol–water partition coefficient (Wildman–Crippen LogP) is 3.79. The average Bonchev–Trinajstić information content (AvgIpc) is 2.77. The molecule has 2 amide bonds. The lowest BCUT2D eigenvalue weighted by molar-refractivity contribution is -0.134. The first-order valence-corrected chi connectivity index (χ1v) is 11.2. The van der Waals surface area contributed by atoms with E-state index >= 15 is 0 Å². The van der Waals surface area contributed by atoms with Crippen LogP contribution in [0.15, 0.2) is 30.3 Å². The number of benzene rings is 2. The molecule has 2 aromatic carbocycles. The molecule has 0 saturated carbocycles. The van der Waals surface area contributed by atoms with E-state index in [1.54, 1.807) is 0 Å². The number of hydrogen-bond donors (Lipinski definition) is 1. The second-order valence-electron chi connectivity index (χ2n) is 8.65. The van der Waals surface area contributed by atoms with Crippen molar-refractivity contribution in [3.05, 3.63) is 58.1 Å². The van der Waals surface area contributed by atoms with E-state index in [1.807, 2.05) is 63.8 Å². The highest BCUT2D eigenvalue weighted by Gasteiger charge is 2.24. The third-order valence-electron chi connectivity index (χ3n) is 6.34. The molecule has 2 aromatic rings. The van der Waals surface area contributed by atoms with Crippen LogP contribution in [0.5, 0.6) is 11.5 Å². The second-order valence-corrected chi connectivity index (χ2v) is 8.65. The van der Waals surface area contributed by atoms with Crippen LogP contribution in [0, 0.1) is 34.6 Å². The molecule has 3 rings (SSSR count). The van der Waals surface area contributed by atoms with Crippen molar-refractivity contribution in [3.8, 4) is 11.5 Å². The number of ether oxygens (including phenoxy) is 2. The Morgan fingerprint density at radius 1 is 0.875 bits per heavy atom. The summed E-state index contributed by atoms with van der Waals surface area (Å²) in [6.07, 6.45) is 1.45. The number of rotatable bonds is 7. The van der Waals surface area contributed by atoms with Crippen LogP contribution < -0.4 is 14.8 Å². The van der Waals surface area contributed by atoms with Gasteiger partial charge < -0.3 is 19.7 Å². The molecular formula is C26H34N2O4. The summed E-state index contributed by atoms with van der Waals surface area (Å²) in [7, 11) is 0. The quantitative estimate of drug-likeness (QED) is 0.714. The maximum absolute atomic E-state index is 12.6. The second kappa shape index (κ2) is 10.5. The zero-order valence-corrected chi connectivity index (χ0v) is 19.8. The number of carbonyl (C=O) groups excluding carboxylic acids is 2. The highest BCUT2D eigenvalue weighted by molar-refractivity contribution is 5.79. The van der Waals surface area contributed by atoms with Crippen LogP contribution in [-0.4, -0.2) is 49.1 Å². The van der Waals surface area contributed by atoms with Crippen molar-refractivity contribution >= 4 is 11.8 Å². The molecule has 0 atom stereocenters. The van der Waals surface area contributed by atoms with E-state index in [-0.39, 0.29) is 31.1 Å². The fourth-order valence-electron chi connectivity index (χ4n) is 3.94. The number of hydrogen-bond acceptors (Lipinski definition) is 4. The maximum Gasteiger partial charge on any atom is 0.260 e. The molecule has 0 radical (unpaired) electrons. The summed E-state index contributed by atoms with van der Waals surface area (Å²) in [5.74, 6) is 1.38. The highest BCUT2D eigenvalue weighted by atomic mass is 16.5. The number of piperidine rings is 1. The van der Waals surface area contributed by atoms with E-state index in [0.717, 1.165) is 52.2 Å². The van der Waals surface area contributed by atoms with E-state index in [2.05, 4.69) is 11.4 Å². The minimum absolute atomic E-state index is 0.00747. The molecule has 6 heteroatoms. The molecule has 1 fully saturated rings. The number of amides is 2. The lowest BCUT2D eigenvalue weighted by Crippen LogP contribution is -2.48. The van der Waals surface area contributed by atoms with Gasteiger partial charge >= 0.3 is 0 Å². The molecule has 0 unspecified atom stereocenters. The van der Waals surface area contributed by atoms with Gasteiger partial charge in [0.05, 0.1) is 0 Å². The van der Waals surface area contributed by atoms with Gasteiger partial charge in [-0.15, -0.1) is 0 Å². The Labute approximate surface area is 190 Å². The van der Waals surface area contributed by atoms with Gasteiger partial charge in [-0.2, -0.15) is 0 Å². The number of nitrogens with one attached hydrogen (secondary N) is 1. The average molecular weight is 439 g/mol. The first kappa shape index (κ1) is 23.6. The van der Waals surface area contributed by atoms with Crippen LogP contribution in [0.25, 0.3) is 0 Å². The smallest absolute Gasteiger partial charge is 0.260 e. The molecule has 0 aromatic heterocycles. The molecule has 0 spiro atoms. The van der Waals surface area contributed by atoms with Crippen molar-refractivity contribution in [2.24, 2.45) is 0 Å². The monoisotopic (exact) mass is 438 g/mol. The van der Waals surface area contributed by atoms with Gasteiger partial charge in [-0.05, 0) is 81.3 Å². The first-order valence-electron chi connectivity index (χ1n) is 11.2. The van der Waals surface area contributed by atoms with Gasteiger partial charge in [0, 0.05) is 19.1 Å². The molecule has 1 N–H and O–H groups in total. The molecule has 6 nitrogen and oxygen atoms in total. The van der Waals surface area contributed by atoms with E-state index < -0.39 is 0 Å². The number of nitrogens with zero attached hydrogens (tertiary/aromatic N) is 1. The third kappa shape index (κ3) is 5.81. The van der Waals surface area contributed by atoms with Crippen LogP contribution in [0.3, 0.4) is 0 Å². The van der Waals surface area contributed by atoms with Crippen LogP contribution in [-0.2, 0) is 9.59 Å². The Hall–Kier alpha value is -3.02. The van der Waals surface area contributed by atoms with Crippen molar-refractivity contribution in [1.82, 2.24) is 10.2 Å². The summed E-state index contributed by atoms with van der Waals surface area (Å²) >= 11 is 0. The number of likely N-dealkylation sites (tertiary alicyclic amines) is 1. The molecule has 1 aliphatic heterocycles. The topological polar surface area (TPSA) is 67.9 Å². The zero-order chi connectivity index (χ0) is 23.3. The van der Waals surface area contributed by atoms with Gasteiger partial charge in [0.25, 0.3) is 11.8 Å². The van der Waals surface area contributed by atoms with Gasteiger partial charge in [-0.1, -0.05) is 24.3 Å². The molecule has 0 bridgehead atoms. The summed E-state index contributed by atoms with van der Waals surface area (Å²) in [4.78, 5) is 26.7. The van der Waals surface area contributed by atoms with Crippen molar-refractivity contribution in [1.29, 1.82) is 0 Å². The van der Waals surface area contributed by atoms with Gasteiger partial charge in [-0.3, -0.25) is 9.59 Å². The molecule has 1 aliphatic rings. The van der Waals surface area contributed by atoms with Crippen molar-refractivity contribution in [2.75, 3.05) is 26.3 Å². The zero-order valence-electron chi connectivity index (χ0n) is 19.8. The minimum Gasteiger partial charge on any atom is -0.483 e. The minimum atomic E-state index is -0.135. The largest absolute Gasteiger partial charge is 0.483 e. The molecule has 172 valence electrons. The SMILES string of the molecule is Cc1cccc(OCC(=O)NC2CCN(C(=O)COc3c(C)ccc(C)c3C)CC2)c1C. The molecule has 1 heterocycles. The van der Waals surface area contributed by atoms with Crippen LogP contribution >= 0.6 is 0 Å². The van der Waals surface area contributed by atoms with E-state index in [4.69, 9.17) is 9.47 Å². The highest BCUT2D eigenvalue weighted by Crippen LogP contribution is 2.26. The van der Waals surface area contributed by atoms with Crippen LogP contribution in [0.4, 0.5) is 0 Å². The predicted molar refractivity (Wildman–Crippen MR) is 125 cm³/mol. The molecule has 1 saturated heterocycles. The fraction of sp³-hybridized carbons (Fsp3) is 0.462. The Morgan fingerprint density at radius 2 is 1.53 bits per heavy atom. The van der Waals surface area contributed by atoms with Crippen LogP contribution in [0.1, 0.15) is 40.7 Å². The molecular weight excluding hydrogens is 404 g/mol. The van der Waals surface area contributed by atoms with Crippen molar-refractivity contribution in [3.63, 3.8) is 0 Å². The lowest BCUT2D eigenvalue weighted by Gasteiger charge is -2.32. The van der Waals surface area contributed by atoms with Gasteiger partial charge in [0.15, 0.2) is 13.2 Å². The summed E-state index contributed by atoms with van der Waals surface area (Å²) < 4.78 is 11.6. The fourth-order valence-corrected chi connectivity index (χ4v) is 3.94. The van der Waals surface area contributed by atoms with Gasteiger partial charge in [0.2, 0.25) is 0 Å². The van der Waals surface area contributed by atoms with E-state index in [9.17, 15) is 9.59 Å². The van der Waals surface area contributed by atoms with Gasteiger partial charge in [-0.25, -0.2) is 0 Å². The summed E-state index contributed by atoms with van der Waals surface area (Å²) in [5.41, 5.74) is 5.44. The van der Waals surface area contributed by atoms with Crippen molar-refractivity contribution in [2.45, 2.75) is 53.5 Å². The number of carbonyl (C=O) groups is 2. The van der Waals surface area contributed by atoms with Gasteiger partial charge in [0.1, 0.15) is 11.5 Å². The Kier molecular flexibility index (Phi) is 7.78. The first-order chi connectivity index (χ1) is 15.3. The van der Waals surface area contributed by atoms with E-state index in [1.165, 1.54) is 0 Å².